The van der Waals surface area contributed by atoms with Gasteiger partial charge < -0.3 is 19.8 Å². The van der Waals surface area contributed by atoms with Crippen molar-refractivity contribution in [3.63, 3.8) is 0 Å². The Morgan fingerprint density at radius 2 is 1.97 bits per heavy atom. The topological polar surface area (TPSA) is 93.3 Å². The van der Waals surface area contributed by atoms with Crippen molar-refractivity contribution in [2.45, 2.75) is 45.4 Å². The van der Waals surface area contributed by atoms with Crippen molar-refractivity contribution in [3.05, 3.63) is 66.1 Å². The summed E-state index contributed by atoms with van der Waals surface area (Å²) < 4.78 is 10.7. The Bertz CT molecular complexity index is 976. The maximum Gasteiger partial charge on any atom is 0.408 e. The van der Waals surface area contributed by atoms with E-state index in [0.29, 0.717) is 0 Å². The first-order chi connectivity index (χ1) is 13.8. The Morgan fingerprint density at radius 3 is 2.69 bits per heavy atom. The molecular formula is C22H25N3O4. The van der Waals surface area contributed by atoms with Crippen LogP contribution >= 0.6 is 0 Å². The Labute approximate surface area is 169 Å². The molecule has 1 unspecified atom stereocenters. The fourth-order valence-electron chi connectivity index (χ4n) is 2.90. The molecule has 2 aromatic heterocycles. The van der Waals surface area contributed by atoms with E-state index in [4.69, 9.17) is 9.47 Å². The first-order valence-electron chi connectivity index (χ1n) is 9.42. The number of aromatic amines is 1. The highest BCUT2D eigenvalue weighted by Gasteiger charge is 2.27. The van der Waals surface area contributed by atoms with E-state index in [2.05, 4.69) is 15.3 Å². The summed E-state index contributed by atoms with van der Waals surface area (Å²) >= 11 is 0. The average molecular weight is 395 g/mol. The number of fused-ring (bicyclic) bond motifs is 1. The summed E-state index contributed by atoms with van der Waals surface area (Å²) in [6.07, 6.45) is 4.72. The predicted molar refractivity (Wildman–Crippen MR) is 109 cm³/mol. The Balaban J connectivity index is 1.75. The van der Waals surface area contributed by atoms with Crippen molar-refractivity contribution < 1.29 is 19.1 Å². The van der Waals surface area contributed by atoms with Crippen LogP contribution in [0.5, 0.6) is 0 Å². The van der Waals surface area contributed by atoms with Gasteiger partial charge in [0.25, 0.3) is 0 Å². The number of alkyl carbamates (subject to hydrolysis) is 1. The van der Waals surface area contributed by atoms with Crippen LogP contribution in [-0.4, -0.2) is 33.7 Å². The third-order valence-electron chi connectivity index (χ3n) is 4.18. The lowest BCUT2D eigenvalue weighted by Gasteiger charge is -2.23. The number of H-pyrrole nitrogens is 1. The Hall–Kier alpha value is -3.35. The number of pyridine rings is 1. The first-order valence-corrected chi connectivity index (χ1v) is 9.42. The smallest absolute Gasteiger partial charge is 0.408 e. The molecule has 1 atom stereocenters. The molecule has 7 heteroatoms. The summed E-state index contributed by atoms with van der Waals surface area (Å²) in [4.78, 5) is 32.2. The fraction of sp³-hybridized carbons (Fsp3) is 0.318. The van der Waals surface area contributed by atoms with E-state index >= 15 is 0 Å². The zero-order valence-electron chi connectivity index (χ0n) is 16.8. The second-order valence-corrected chi connectivity index (χ2v) is 7.73. The molecule has 0 radical (unpaired) electrons. The monoisotopic (exact) mass is 395 g/mol. The number of carbonyl (C=O) groups excluding carboxylic acids is 2. The minimum absolute atomic E-state index is 0.0764. The van der Waals surface area contributed by atoms with Crippen molar-refractivity contribution in [2.24, 2.45) is 0 Å². The van der Waals surface area contributed by atoms with E-state index in [-0.39, 0.29) is 13.0 Å². The zero-order chi connectivity index (χ0) is 20.9. The SMILES string of the molecule is CC(C)(C)OC(=O)NC(Cc1c[nH]c2ccccc12)C(=O)OCc1cccnc1. The summed E-state index contributed by atoms with van der Waals surface area (Å²) in [5.74, 6) is -0.537. The molecule has 0 aliphatic carbocycles. The Kier molecular flexibility index (Phi) is 6.16. The predicted octanol–water partition coefficient (Wildman–Crippen LogP) is 3.74. The second kappa shape index (κ2) is 8.77. The summed E-state index contributed by atoms with van der Waals surface area (Å²) in [7, 11) is 0. The van der Waals surface area contributed by atoms with Gasteiger partial charge in [-0.2, -0.15) is 0 Å². The van der Waals surface area contributed by atoms with Crippen LogP contribution < -0.4 is 5.32 Å². The summed E-state index contributed by atoms with van der Waals surface area (Å²) in [6, 6.07) is 10.5. The van der Waals surface area contributed by atoms with Gasteiger partial charge in [0.2, 0.25) is 0 Å². The lowest BCUT2D eigenvalue weighted by atomic mass is 10.1. The maximum atomic E-state index is 12.8. The summed E-state index contributed by atoms with van der Waals surface area (Å²) in [5, 5.41) is 3.64. The molecule has 0 fully saturated rings. The van der Waals surface area contributed by atoms with Gasteiger partial charge in [-0.3, -0.25) is 4.98 Å². The third kappa shape index (κ3) is 5.81. The number of esters is 1. The van der Waals surface area contributed by atoms with Crippen molar-refractivity contribution in [1.29, 1.82) is 0 Å². The van der Waals surface area contributed by atoms with E-state index < -0.39 is 23.7 Å². The molecule has 0 aliphatic rings. The van der Waals surface area contributed by atoms with Crippen LogP contribution in [0, 0.1) is 0 Å². The molecule has 3 rings (SSSR count). The first kappa shape index (κ1) is 20.4. The quantitative estimate of drug-likeness (QED) is 0.620. The van der Waals surface area contributed by atoms with Crippen LogP contribution in [0.2, 0.25) is 0 Å². The molecule has 1 aromatic carbocycles. The molecule has 29 heavy (non-hydrogen) atoms. The van der Waals surface area contributed by atoms with Crippen LogP contribution in [-0.2, 0) is 27.3 Å². The van der Waals surface area contributed by atoms with Crippen molar-refractivity contribution >= 4 is 23.0 Å². The third-order valence-corrected chi connectivity index (χ3v) is 4.18. The second-order valence-electron chi connectivity index (χ2n) is 7.73. The van der Waals surface area contributed by atoms with Gasteiger partial charge in [0.1, 0.15) is 18.2 Å². The summed E-state index contributed by atoms with van der Waals surface area (Å²) in [5.41, 5.74) is 1.96. The molecule has 0 saturated carbocycles. The van der Waals surface area contributed by atoms with Crippen molar-refractivity contribution in [3.8, 4) is 0 Å². The molecule has 0 aliphatic heterocycles. The van der Waals surface area contributed by atoms with Crippen LogP contribution in [0.25, 0.3) is 10.9 Å². The number of rotatable bonds is 6. The lowest BCUT2D eigenvalue weighted by Crippen LogP contribution is -2.45. The van der Waals surface area contributed by atoms with Crippen molar-refractivity contribution in [2.75, 3.05) is 0 Å². The minimum atomic E-state index is -0.888. The highest BCUT2D eigenvalue weighted by Crippen LogP contribution is 2.20. The number of ether oxygens (including phenoxy) is 2. The number of amides is 1. The number of para-hydroxylation sites is 1. The highest BCUT2D eigenvalue weighted by molar-refractivity contribution is 5.86. The molecule has 3 aromatic rings. The van der Waals surface area contributed by atoms with Gasteiger partial charge >= 0.3 is 12.1 Å². The largest absolute Gasteiger partial charge is 0.459 e. The van der Waals surface area contributed by atoms with E-state index in [1.165, 1.54) is 0 Å². The van der Waals surface area contributed by atoms with Gasteiger partial charge in [-0.25, -0.2) is 9.59 Å². The van der Waals surface area contributed by atoms with Crippen molar-refractivity contribution in [1.82, 2.24) is 15.3 Å². The normalized spacial score (nSPS) is 12.4. The number of hydrogen-bond acceptors (Lipinski definition) is 5. The van der Waals surface area contributed by atoms with Gasteiger partial charge in [-0.05, 0) is 38.5 Å². The number of nitrogens with zero attached hydrogens (tertiary/aromatic N) is 1. The van der Waals surface area contributed by atoms with Gasteiger partial charge in [0, 0.05) is 41.5 Å². The van der Waals surface area contributed by atoms with E-state index in [1.807, 2.05) is 36.5 Å². The van der Waals surface area contributed by atoms with E-state index in [1.54, 1.807) is 39.2 Å². The highest BCUT2D eigenvalue weighted by atomic mass is 16.6. The molecule has 0 spiro atoms. The number of nitrogens with one attached hydrogen (secondary N) is 2. The molecule has 0 bridgehead atoms. The molecule has 2 N–H and O–H groups in total. The number of hydrogen-bond donors (Lipinski definition) is 2. The van der Waals surface area contributed by atoms with Crippen LogP contribution in [0.4, 0.5) is 4.79 Å². The number of carbonyl (C=O) groups is 2. The molecule has 2 heterocycles. The standard InChI is InChI=1S/C22H25N3O4/c1-22(2,3)29-21(27)25-19(20(26)28-14-15-7-6-10-23-12-15)11-16-13-24-18-9-5-4-8-17(16)18/h4-10,12-13,19,24H,11,14H2,1-3H3,(H,25,27). The Morgan fingerprint density at radius 1 is 1.17 bits per heavy atom. The zero-order valence-corrected chi connectivity index (χ0v) is 16.8. The number of benzene rings is 1. The van der Waals surface area contributed by atoms with Gasteiger partial charge in [0.15, 0.2) is 0 Å². The van der Waals surface area contributed by atoms with Crippen LogP contribution in [0.15, 0.2) is 55.0 Å². The molecule has 7 nitrogen and oxygen atoms in total. The van der Waals surface area contributed by atoms with Gasteiger partial charge in [-0.15, -0.1) is 0 Å². The minimum Gasteiger partial charge on any atom is -0.459 e. The average Bonchev–Trinajstić information content (AvgIpc) is 3.08. The maximum absolute atomic E-state index is 12.8. The molecular weight excluding hydrogens is 370 g/mol. The van der Waals surface area contributed by atoms with Gasteiger partial charge in [0.05, 0.1) is 0 Å². The summed E-state index contributed by atoms with van der Waals surface area (Å²) in [6.45, 7) is 5.37. The van der Waals surface area contributed by atoms with E-state index in [9.17, 15) is 9.59 Å². The molecule has 152 valence electrons. The van der Waals surface area contributed by atoms with Crippen LogP contribution in [0.3, 0.4) is 0 Å². The van der Waals surface area contributed by atoms with Gasteiger partial charge in [-0.1, -0.05) is 24.3 Å². The lowest BCUT2D eigenvalue weighted by molar-refractivity contribution is -0.147. The molecule has 1 amide bonds. The van der Waals surface area contributed by atoms with E-state index in [0.717, 1.165) is 22.0 Å². The van der Waals surface area contributed by atoms with Crippen LogP contribution in [0.1, 0.15) is 31.9 Å². The fourth-order valence-corrected chi connectivity index (χ4v) is 2.90. The number of aromatic nitrogens is 2. The molecule has 0 saturated heterocycles.